The van der Waals surface area contributed by atoms with Crippen molar-refractivity contribution in [2.45, 2.75) is 5.33 Å². The average molecular weight is 268 g/mol. The molecule has 1 heterocycles. The summed E-state index contributed by atoms with van der Waals surface area (Å²) in [6.45, 7) is 0. The third kappa shape index (κ3) is 1.39. The number of rotatable bonds is 1. The Hall–Kier alpha value is -1.05. The van der Waals surface area contributed by atoms with E-state index < -0.39 is 0 Å². The predicted octanol–water partition coefficient (Wildman–Crippen LogP) is 3.37. The van der Waals surface area contributed by atoms with Crippen molar-refractivity contribution < 1.29 is 5.11 Å². The van der Waals surface area contributed by atoms with Gasteiger partial charge in [0.2, 0.25) is 0 Å². The molecule has 0 saturated heterocycles. The van der Waals surface area contributed by atoms with Crippen molar-refractivity contribution in [1.29, 1.82) is 5.26 Å². The summed E-state index contributed by atoms with van der Waals surface area (Å²) >= 11 is 4.88. The van der Waals surface area contributed by atoms with Gasteiger partial charge in [-0.15, -0.1) is 11.3 Å². The van der Waals surface area contributed by atoms with Gasteiger partial charge in [0.05, 0.1) is 5.56 Å². The Morgan fingerprint density at radius 3 is 2.93 bits per heavy atom. The molecular formula is C10H6BrNOS. The summed E-state index contributed by atoms with van der Waals surface area (Å²) in [6.07, 6.45) is 0. The third-order valence-electron chi connectivity index (χ3n) is 1.98. The normalized spacial score (nSPS) is 10.3. The number of phenols is 1. The molecule has 1 N–H and O–H groups in total. The number of thiophene rings is 1. The van der Waals surface area contributed by atoms with Gasteiger partial charge >= 0.3 is 0 Å². The molecule has 0 aliphatic carbocycles. The van der Waals surface area contributed by atoms with Crippen LogP contribution in [0.3, 0.4) is 0 Å². The molecule has 0 unspecified atom stereocenters. The fourth-order valence-electron chi connectivity index (χ4n) is 1.35. The Kier molecular flexibility index (Phi) is 2.44. The number of phenolic OH excluding ortho intramolecular Hbond substituents is 1. The van der Waals surface area contributed by atoms with Gasteiger partial charge in [-0.2, -0.15) is 5.26 Å². The minimum atomic E-state index is 0.240. The highest BCUT2D eigenvalue weighted by atomic mass is 79.9. The Bertz CT molecular complexity index is 527. The quantitative estimate of drug-likeness (QED) is 0.806. The molecule has 0 spiro atoms. The van der Waals surface area contributed by atoms with Crippen LogP contribution >= 0.6 is 27.3 Å². The molecule has 1 aromatic heterocycles. The van der Waals surface area contributed by atoms with Crippen molar-refractivity contribution in [2.75, 3.05) is 0 Å². The average Bonchev–Trinajstić information content (AvgIpc) is 2.54. The molecule has 2 nitrogen and oxygen atoms in total. The van der Waals surface area contributed by atoms with Crippen molar-refractivity contribution in [3.05, 3.63) is 28.6 Å². The van der Waals surface area contributed by atoms with Gasteiger partial charge in [0, 0.05) is 20.3 Å². The number of alkyl halides is 1. The lowest BCUT2D eigenvalue weighted by molar-refractivity contribution is 0.476. The van der Waals surface area contributed by atoms with Crippen LogP contribution in [0.1, 0.15) is 10.4 Å². The molecule has 70 valence electrons. The number of nitriles is 1. The summed E-state index contributed by atoms with van der Waals surface area (Å²) in [7, 11) is 0. The van der Waals surface area contributed by atoms with E-state index in [2.05, 4.69) is 22.0 Å². The molecule has 2 aromatic rings. The number of benzene rings is 1. The standard InChI is InChI=1S/C10H6BrNOS/c11-4-10-8(5-12)7-2-1-6(13)3-9(7)14-10/h1-3,13H,4H2. The van der Waals surface area contributed by atoms with Crippen LogP contribution in [0, 0.1) is 11.3 Å². The van der Waals surface area contributed by atoms with Crippen LogP contribution in [0.15, 0.2) is 18.2 Å². The maximum atomic E-state index is 9.29. The molecule has 0 fully saturated rings. The van der Waals surface area contributed by atoms with Gasteiger partial charge in [-0.1, -0.05) is 15.9 Å². The SMILES string of the molecule is N#Cc1c(CBr)sc2cc(O)ccc12. The highest BCUT2D eigenvalue weighted by molar-refractivity contribution is 9.08. The lowest BCUT2D eigenvalue weighted by atomic mass is 10.1. The van der Waals surface area contributed by atoms with Gasteiger partial charge in [-0.05, 0) is 18.2 Å². The molecule has 0 aliphatic rings. The molecule has 0 atom stereocenters. The number of fused-ring (bicyclic) bond motifs is 1. The lowest BCUT2D eigenvalue weighted by Crippen LogP contribution is -1.75. The first-order valence-electron chi connectivity index (χ1n) is 3.96. The van der Waals surface area contributed by atoms with Crippen LogP contribution in [-0.2, 0) is 5.33 Å². The second-order valence-corrected chi connectivity index (χ2v) is 4.52. The highest BCUT2D eigenvalue weighted by Crippen LogP contribution is 2.34. The predicted molar refractivity (Wildman–Crippen MR) is 60.8 cm³/mol. The van der Waals surface area contributed by atoms with Crippen molar-refractivity contribution in [2.24, 2.45) is 0 Å². The zero-order chi connectivity index (χ0) is 10.1. The smallest absolute Gasteiger partial charge is 0.117 e. The van der Waals surface area contributed by atoms with E-state index in [4.69, 9.17) is 5.26 Å². The zero-order valence-electron chi connectivity index (χ0n) is 7.12. The second-order valence-electron chi connectivity index (χ2n) is 2.83. The number of halogens is 1. The monoisotopic (exact) mass is 267 g/mol. The third-order valence-corrected chi connectivity index (χ3v) is 4.06. The molecule has 4 heteroatoms. The Balaban J connectivity index is 2.81. The molecule has 0 amide bonds. The highest BCUT2D eigenvalue weighted by Gasteiger charge is 2.10. The number of aromatic hydroxyl groups is 1. The number of hydrogen-bond acceptors (Lipinski definition) is 3. The summed E-state index contributed by atoms with van der Waals surface area (Å²) in [6, 6.07) is 7.26. The van der Waals surface area contributed by atoms with Crippen LogP contribution in [0.4, 0.5) is 0 Å². The van der Waals surface area contributed by atoms with E-state index >= 15 is 0 Å². The second kappa shape index (κ2) is 3.60. The van der Waals surface area contributed by atoms with Gasteiger partial charge in [-0.3, -0.25) is 0 Å². The molecule has 14 heavy (non-hydrogen) atoms. The van der Waals surface area contributed by atoms with E-state index in [1.807, 2.05) is 0 Å². The first-order chi connectivity index (χ1) is 6.76. The number of hydrogen-bond donors (Lipinski definition) is 1. The molecule has 0 aliphatic heterocycles. The summed E-state index contributed by atoms with van der Waals surface area (Å²) in [5.41, 5.74) is 0.710. The van der Waals surface area contributed by atoms with Gasteiger partial charge in [-0.25, -0.2) is 0 Å². The molecule has 1 aromatic carbocycles. The van der Waals surface area contributed by atoms with E-state index in [0.29, 0.717) is 10.9 Å². The first-order valence-corrected chi connectivity index (χ1v) is 5.90. The van der Waals surface area contributed by atoms with Crippen LogP contribution < -0.4 is 0 Å². The van der Waals surface area contributed by atoms with Crippen molar-refractivity contribution in [3.63, 3.8) is 0 Å². The molecule has 2 rings (SSSR count). The zero-order valence-corrected chi connectivity index (χ0v) is 9.52. The van der Waals surface area contributed by atoms with E-state index in [-0.39, 0.29) is 5.75 Å². The van der Waals surface area contributed by atoms with Crippen LogP contribution in [0.25, 0.3) is 10.1 Å². The summed E-state index contributed by atoms with van der Waals surface area (Å²) < 4.78 is 0.955. The summed E-state index contributed by atoms with van der Waals surface area (Å²) in [5, 5.41) is 19.9. The maximum absolute atomic E-state index is 9.29. The van der Waals surface area contributed by atoms with Crippen LogP contribution in [0.2, 0.25) is 0 Å². The largest absolute Gasteiger partial charge is 0.508 e. The van der Waals surface area contributed by atoms with Crippen LogP contribution in [0.5, 0.6) is 5.75 Å². The molecule has 0 bridgehead atoms. The Morgan fingerprint density at radius 1 is 1.50 bits per heavy atom. The van der Waals surface area contributed by atoms with Crippen molar-refractivity contribution in [1.82, 2.24) is 0 Å². The Labute approximate surface area is 93.5 Å². The maximum Gasteiger partial charge on any atom is 0.117 e. The summed E-state index contributed by atoms with van der Waals surface area (Å²) in [4.78, 5) is 1.01. The van der Waals surface area contributed by atoms with Crippen molar-refractivity contribution in [3.8, 4) is 11.8 Å². The van der Waals surface area contributed by atoms with Crippen LogP contribution in [-0.4, -0.2) is 5.11 Å². The topological polar surface area (TPSA) is 44.0 Å². The molecule has 0 radical (unpaired) electrons. The first kappa shape index (κ1) is 9.50. The lowest BCUT2D eigenvalue weighted by Gasteiger charge is -1.91. The van der Waals surface area contributed by atoms with E-state index in [9.17, 15) is 5.11 Å². The fourth-order valence-corrected chi connectivity index (χ4v) is 3.01. The Morgan fingerprint density at radius 2 is 2.29 bits per heavy atom. The minimum Gasteiger partial charge on any atom is -0.508 e. The van der Waals surface area contributed by atoms with Gasteiger partial charge in [0.15, 0.2) is 0 Å². The fraction of sp³-hybridized carbons (Fsp3) is 0.100. The number of nitrogens with zero attached hydrogens (tertiary/aromatic N) is 1. The van der Waals surface area contributed by atoms with E-state index in [0.717, 1.165) is 15.0 Å². The van der Waals surface area contributed by atoms with E-state index in [1.165, 1.54) is 11.3 Å². The molecular weight excluding hydrogens is 262 g/mol. The van der Waals surface area contributed by atoms with Gasteiger partial charge < -0.3 is 5.11 Å². The summed E-state index contributed by atoms with van der Waals surface area (Å²) in [5.74, 6) is 0.240. The van der Waals surface area contributed by atoms with Crippen molar-refractivity contribution >= 4 is 37.4 Å². The van der Waals surface area contributed by atoms with E-state index in [1.54, 1.807) is 18.2 Å². The molecule has 0 saturated carbocycles. The van der Waals surface area contributed by atoms with Gasteiger partial charge in [0.25, 0.3) is 0 Å². The van der Waals surface area contributed by atoms with Gasteiger partial charge in [0.1, 0.15) is 11.8 Å². The minimum absolute atomic E-state index is 0.240.